The molecule has 5 nitrogen and oxygen atoms in total. The molecular formula is C15H19NO4. The first-order valence-corrected chi connectivity index (χ1v) is 6.75. The van der Waals surface area contributed by atoms with Crippen molar-refractivity contribution in [2.24, 2.45) is 0 Å². The molecule has 1 aromatic rings. The second kappa shape index (κ2) is 5.63. The molecule has 0 saturated carbocycles. The van der Waals surface area contributed by atoms with E-state index in [0.717, 1.165) is 5.69 Å². The van der Waals surface area contributed by atoms with Gasteiger partial charge in [0.1, 0.15) is 0 Å². The van der Waals surface area contributed by atoms with Crippen molar-refractivity contribution in [3.63, 3.8) is 0 Å². The third kappa shape index (κ3) is 1.98. The van der Waals surface area contributed by atoms with Crippen LogP contribution in [0.1, 0.15) is 30.1 Å². The Hall–Kier alpha value is -1.88. The van der Waals surface area contributed by atoms with Gasteiger partial charge >= 0.3 is 5.97 Å². The molecule has 0 aromatic heterocycles. The average molecular weight is 277 g/mol. The molecule has 1 aliphatic rings. The summed E-state index contributed by atoms with van der Waals surface area (Å²) >= 11 is 0. The van der Waals surface area contributed by atoms with Gasteiger partial charge < -0.3 is 14.7 Å². The lowest BCUT2D eigenvalue weighted by Crippen LogP contribution is -2.56. The molecule has 20 heavy (non-hydrogen) atoms. The van der Waals surface area contributed by atoms with Crippen molar-refractivity contribution < 1.29 is 19.4 Å². The Morgan fingerprint density at radius 3 is 2.70 bits per heavy atom. The van der Waals surface area contributed by atoms with Crippen molar-refractivity contribution in [3.8, 4) is 0 Å². The second-order valence-corrected chi connectivity index (χ2v) is 4.81. The topological polar surface area (TPSA) is 66.8 Å². The van der Waals surface area contributed by atoms with Gasteiger partial charge in [0, 0.05) is 24.9 Å². The number of Topliss-reactive ketones (excluding diaryl/α,β-unsaturated/α-hetero) is 1. The van der Waals surface area contributed by atoms with Gasteiger partial charge in [-0.15, -0.1) is 0 Å². The van der Waals surface area contributed by atoms with Gasteiger partial charge in [0.15, 0.2) is 0 Å². The fraction of sp³-hybridized carbons (Fsp3) is 0.467. The molecule has 1 N–H and O–H groups in total. The van der Waals surface area contributed by atoms with Gasteiger partial charge in [-0.05, 0) is 31.9 Å². The highest BCUT2D eigenvalue weighted by molar-refractivity contribution is 6.24. The zero-order valence-electron chi connectivity index (χ0n) is 11.8. The maximum Gasteiger partial charge on any atom is 0.340 e. The van der Waals surface area contributed by atoms with Crippen LogP contribution < -0.4 is 4.90 Å². The predicted molar refractivity (Wildman–Crippen MR) is 74.9 cm³/mol. The quantitative estimate of drug-likeness (QED) is 0.651. The van der Waals surface area contributed by atoms with Crippen LogP contribution in [0.3, 0.4) is 0 Å². The number of carbonyl (C=O) groups excluding carboxylic acids is 2. The number of fused-ring (bicyclic) bond motifs is 1. The number of esters is 1. The summed E-state index contributed by atoms with van der Waals surface area (Å²) in [5.74, 6) is -0.792. The van der Waals surface area contributed by atoms with E-state index < -0.39 is 11.5 Å². The lowest BCUT2D eigenvalue weighted by Gasteiger charge is -2.33. The smallest absolute Gasteiger partial charge is 0.340 e. The maximum atomic E-state index is 12.7. The van der Waals surface area contributed by atoms with Gasteiger partial charge in [-0.1, -0.05) is 12.1 Å². The maximum absolute atomic E-state index is 12.7. The van der Waals surface area contributed by atoms with Crippen LogP contribution in [-0.2, 0) is 9.53 Å². The highest BCUT2D eigenvalue weighted by Crippen LogP contribution is 2.40. The summed E-state index contributed by atoms with van der Waals surface area (Å²) in [5.41, 5.74) is -0.0907. The fourth-order valence-electron chi connectivity index (χ4n) is 2.74. The molecule has 0 bridgehead atoms. The predicted octanol–water partition coefficient (Wildman–Crippen LogP) is 1.39. The minimum Gasteiger partial charge on any atom is -0.464 e. The van der Waals surface area contributed by atoms with Crippen molar-refractivity contribution in [3.05, 3.63) is 29.8 Å². The van der Waals surface area contributed by atoms with E-state index in [9.17, 15) is 9.59 Å². The number of rotatable bonds is 5. The molecule has 1 aliphatic heterocycles. The van der Waals surface area contributed by atoms with E-state index in [-0.39, 0.29) is 25.4 Å². The normalized spacial score (nSPS) is 20.9. The number of aliphatic hydroxyl groups is 1. The Kier molecular flexibility index (Phi) is 4.09. The lowest BCUT2D eigenvalue weighted by atomic mass is 9.87. The Morgan fingerprint density at radius 1 is 1.40 bits per heavy atom. The van der Waals surface area contributed by atoms with Gasteiger partial charge in [0.05, 0.1) is 6.61 Å². The molecule has 1 unspecified atom stereocenters. The lowest BCUT2D eigenvalue weighted by molar-refractivity contribution is -0.147. The van der Waals surface area contributed by atoms with Crippen LogP contribution in [0, 0.1) is 0 Å². The summed E-state index contributed by atoms with van der Waals surface area (Å²) in [6.45, 7) is 1.86. The monoisotopic (exact) mass is 277 g/mol. The van der Waals surface area contributed by atoms with E-state index in [4.69, 9.17) is 9.84 Å². The third-order valence-corrected chi connectivity index (χ3v) is 3.77. The molecule has 0 radical (unpaired) electrons. The molecule has 0 fully saturated rings. The summed E-state index contributed by atoms with van der Waals surface area (Å²) < 4.78 is 5.12. The second-order valence-electron chi connectivity index (χ2n) is 4.81. The van der Waals surface area contributed by atoms with Crippen molar-refractivity contribution >= 4 is 17.4 Å². The van der Waals surface area contributed by atoms with Gasteiger partial charge in [-0.2, -0.15) is 0 Å². The van der Waals surface area contributed by atoms with Crippen LogP contribution in [-0.4, -0.2) is 42.7 Å². The van der Waals surface area contributed by atoms with Crippen LogP contribution in [0.15, 0.2) is 24.3 Å². The van der Waals surface area contributed by atoms with Crippen molar-refractivity contribution in [1.29, 1.82) is 0 Å². The number of carbonyl (C=O) groups is 2. The highest BCUT2D eigenvalue weighted by Gasteiger charge is 2.55. The number of nitrogens with zero attached hydrogens (tertiary/aromatic N) is 1. The van der Waals surface area contributed by atoms with Crippen LogP contribution >= 0.6 is 0 Å². The number of para-hydroxylation sites is 1. The van der Waals surface area contributed by atoms with E-state index in [1.165, 1.54) is 0 Å². The molecule has 0 saturated heterocycles. The Morgan fingerprint density at radius 2 is 2.10 bits per heavy atom. The molecule has 0 amide bonds. The summed E-state index contributed by atoms with van der Waals surface area (Å²) in [6, 6.07) is 7.13. The van der Waals surface area contributed by atoms with Gasteiger partial charge in [0.25, 0.3) is 0 Å². The molecule has 5 heteroatoms. The van der Waals surface area contributed by atoms with E-state index in [2.05, 4.69) is 0 Å². The van der Waals surface area contributed by atoms with E-state index in [1.807, 2.05) is 12.1 Å². The number of anilines is 1. The number of aliphatic hydroxyl groups excluding tert-OH is 1. The molecule has 0 spiro atoms. The first-order valence-electron chi connectivity index (χ1n) is 6.75. The van der Waals surface area contributed by atoms with Crippen LogP contribution in [0.2, 0.25) is 0 Å². The summed E-state index contributed by atoms with van der Waals surface area (Å²) in [5, 5.41) is 9.06. The first-order chi connectivity index (χ1) is 9.59. The van der Waals surface area contributed by atoms with E-state index >= 15 is 0 Å². The Balaban J connectivity index is 2.48. The molecule has 2 rings (SSSR count). The molecule has 1 aromatic carbocycles. The summed E-state index contributed by atoms with van der Waals surface area (Å²) in [6.07, 6.45) is 0.606. The molecule has 108 valence electrons. The van der Waals surface area contributed by atoms with Crippen molar-refractivity contribution in [2.75, 3.05) is 25.2 Å². The molecule has 1 heterocycles. The zero-order chi connectivity index (χ0) is 14.8. The van der Waals surface area contributed by atoms with Crippen molar-refractivity contribution in [2.45, 2.75) is 25.3 Å². The van der Waals surface area contributed by atoms with Crippen LogP contribution in [0.25, 0.3) is 0 Å². The molecular weight excluding hydrogens is 258 g/mol. The Bertz CT molecular complexity index is 528. The standard InChI is InChI=1S/C15H19NO4/c1-3-20-14(19)15(9-6-10-17)13(18)11-7-4-5-8-12(11)16(15)2/h4-5,7-8,17H,3,6,9-10H2,1-2H3. The largest absolute Gasteiger partial charge is 0.464 e. The minimum atomic E-state index is -1.34. The van der Waals surface area contributed by atoms with E-state index in [0.29, 0.717) is 12.0 Å². The summed E-state index contributed by atoms with van der Waals surface area (Å²) in [7, 11) is 1.72. The number of hydrogen-bond acceptors (Lipinski definition) is 5. The Labute approximate surface area is 118 Å². The number of ether oxygens (including phenoxy) is 1. The first kappa shape index (κ1) is 14.5. The SMILES string of the molecule is CCOC(=O)C1(CCCO)C(=O)c2ccccc2N1C. The zero-order valence-corrected chi connectivity index (χ0v) is 11.8. The van der Waals surface area contributed by atoms with Gasteiger partial charge in [-0.3, -0.25) is 4.79 Å². The molecule has 1 atom stereocenters. The van der Waals surface area contributed by atoms with Gasteiger partial charge in [0.2, 0.25) is 11.3 Å². The third-order valence-electron chi connectivity index (χ3n) is 3.77. The minimum absolute atomic E-state index is 0.0708. The van der Waals surface area contributed by atoms with Crippen molar-refractivity contribution in [1.82, 2.24) is 0 Å². The molecule has 0 aliphatic carbocycles. The number of ketones is 1. The highest BCUT2D eigenvalue weighted by atomic mass is 16.5. The summed E-state index contributed by atoms with van der Waals surface area (Å²) in [4.78, 5) is 26.8. The number of benzene rings is 1. The number of likely N-dealkylation sites (N-methyl/N-ethyl adjacent to an activating group) is 1. The van der Waals surface area contributed by atoms with E-state index in [1.54, 1.807) is 31.0 Å². The average Bonchev–Trinajstić information content (AvgIpc) is 2.68. The number of hydrogen-bond donors (Lipinski definition) is 1. The fourth-order valence-corrected chi connectivity index (χ4v) is 2.74. The van der Waals surface area contributed by atoms with Crippen LogP contribution in [0.5, 0.6) is 0 Å². The van der Waals surface area contributed by atoms with Gasteiger partial charge in [-0.25, -0.2) is 4.79 Å². The van der Waals surface area contributed by atoms with Crippen LogP contribution in [0.4, 0.5) is 5.69 Å².